The fraction of sp³-hybridized carbons (Fsp3) is 0.692. The van der Waals surface area contributed by atoms with E-state index in [2.05, 4.69) is 10.4 Å². The van der Waals surface area contributed by atoms with Gasteiger partial charge in [0.25, 0.3) is 5.91 Å². The molecule has 2 aliphatic rings. The molecule has 0 bridgehead atoms. The van der Waals surface area contributed by atoms with Crippen molar-refractivity contribution in [1.29, 1.82) is 0 Å². The third-order valence-corrected chi connectivity index (χ3v) is 4.27. The van der Waals surface area contributed by atoms with Crippen LogP contribution in [0.5, 0.6) is 0 Å². The highest BCUT2D eigenvalue weighted by Gasteiger charge is 2.52. The highest BCUT2D eigenvalue weighted by molar-refractivity contribution is 5.93. The number of fused-ring (bicyclic) bond motifs is 1. The molecule has 2 heterocycles. The predicted octanol–water partition coefficient (Wildman–Crippen LogP) is -0.173. The van der Waals surface area contributed by atoms with E-state index < -0.39 is 0 Å². The zero-order chi connectivity index (χ0) is 13.6. The maximum Gasteiger partial charge on any atom is 0.269 e. The van der Waals surface area contributed by atoms with Crippen LogP contribution in [0.2, 0.25) is 0 Å². The first kappa shape index (κ1) is 12.6. The number of hydrogen-bond donors (Lipinski definition) is 2. The zero-order valence-electron chi connectivity index (χ0n) is 11.3. The molecule has 6 heteroatoms. The zero-order valence-corrected chi connectivity index (χ0v) is 11.3. The molecule has 0 spiro atoms. The first-order valence-electron chi connectivity index (χ1n) is 6.82. The second-order valence-corrected chi connectivity index (χ2v) is 5.36. The minimum atomic E-state index is -0.121. The number of carbonyl (C=O) groups excluding carboxylic acids is 1. The van der Waals surface area contributed by atoms with Crippen molar-refractivity contribution < 1.29 is 9.53 Å². The van der Waals surface area contributed by atoms with E-state index in [4.69, 9.17) is 10.5 Å². The third-order valence-electron chi connectivity index (χ3n) is 4.27. The molecule has 6 nitrogen and oxygen atoms in total. The number of rotatable bonds is 3. The molecule has 1 saturated carbocycles. The summed E-state index contributed by atoms with van der Waals surface area (Å²) < 4.78 is 7.23. The number of aryl methyl sites for hydroxylation is 2. The summed E-state index contributed by atoms with van der Waals surface area (Å²) in [5, 5.41) is 7.26. The van der Waals surface area contributed by atoms with Gasteiger partial charge in [0.1, 0.15) is 5.69 Å². The number of nitrogens with zero attached hydrogens (tertiary/aromatic N) is 2. The molecule has 104 valence electrons. The Kier molecular flexibility index (Phi) is 3.06. The van der Waals surface area contributed by atoms with Crippen molar-refractivity contribution in [2.24, 2.45) is 18.7 Å². The minimum Gasteiger partial charge on any atom is -0.376 e. The van der Waals surface area contributed by atoms with Crippen molar-refractivity contribution in [2.75, 3.05) is 6.61 Å². The second kappa shape index (κ2) is 4.61. The topological polar surface area (TPSA) is 82.2 Å². The van der Waals surface area contributed by atoms with E-state index >= 15 is 0 Å². The van der Waals surface area contributed by atoms with Gasteiger partial charge < -0.3 is 15.8 Å². The first-order valence-corrected chi connectivity index (χ1v) is 6.82. The number of aromatic nitrogens is 2. The number of hydrogen-bond acceptors (Lipinski definition) is 4. The Labute approximate surface area is 112 Å². The van der Waals surface area contributed by atoms with Crippen LogP contribution >= 0.6 is 0 Å². The van der Waals surface area contributed by atoms with Crippen LogP contribution in [0.25, 0.3) is 0 Å². The van der Waals surface area contributed by atoms with E-state index in [1.54, 1.807) is 11.7 Å². The molecule has 1 amide bonds. The molecule has 4 unspecified atom stereocenters. The number of ether oxygens (including phenoxy) is 1. The Balaban J connectivity index is 1.69. The van der Waals surface area contributed by atoms with Gasteiger partial charge in [0.2, 0.25) is 0 Å². The lowest BCUT2D eigenvalue weighted by Crippen LogP contribution is -2.69. The minimum absolute atomic E-state index is 0.00956. The van der Waals surface area contributed by atoms with Crippen LogP contribution in [0.4, 0.5) is 0 Å². The van der Waals surface area contributed by atoms with Crippen molar-refractivity contribution in [3.05, 3.63) is 17.5 Å². The Bertz CT molecular complexity index is 499. The smallest absolute Gasteiger partial charge is 0.269 e. The first-order chi connectivity index (χ1) is 9.11. The molecule has 0 radical (unpaired) electrons. The summed E-state index contributed by atoms with van der Waals surface area (Å²) in [4.78, 5) is 12.2. The lowest BCUT2D eigenvalue weighted by Gasteiger charge is -2.45. The third kappa shape index (κ3) is 1.95. The van der Waals surface area contributed by atoms with Gasteiger partial charge in [0, 0.05) is 25.6 Å². The molecule has 0 aromatic carbocycles. The molecular weight excluding hydrogens is 244 g/mol. The Morgan fingerprint density at radius 1 is 1.68 bits per heavy atom. The number of amides is 1. The molecule has 19 heavy (non-hydrogen) atoms. The van der Waals surface area contributed by atoms with Gasteiger partial charge in [-0.2, -0.15) is 5.10 Å². The normalized spacial score (nSPS) is 32.8. The Morgan fingerprint density at radius 2 is 2.47 bits per heavy atom. The summed E-state index contributed by atoms with van der Waals surface area (Å²) in [6.07, 6.45) is 1.92. The van der Waals surface area contributed by atoms with Crippen molar-refractivity contribution in [2.45, 2.75) is 38.0 Å². The van der Waals surface area contributed by atoms with Gasteiger partial charge in [-0.1, -0.05) is 6.92 Å². The molecule has 1 aromatic rings. The van der Waals surface area contributed by atoms with Crippen LogP contribution in [0, 0.1) is 5.92 Å². The van der Waals surface area contributed by atoms with Crippen LogP contribution in [-0.2, 0) is 18.2 Å². The predicted molar refractivity (Wildman–Crippen MR) is 69.7 cm³/mol. The van der Waals surface area contributed by atoms with E-state index in [0.717, 1.165) is 25.1 Å². The lowest BCUT2D eigenvalue weighted by atomic mass is 9.72. The lowest BCUT2D eigenvalue weighted by molar-refractivity contribution is -0.0162. The van der Waals surface area contributed by atoms with Gasteiger partial charge in [0.05, 0.1) is 17.8 Å². The maximum absolute atomic E-state index is 12.2. The summed E-state index contributed by atoms with van der Waals surface area (Å²) in [6.45, 7) is 2.77. The Morgan fingerprint density at radius 3 is 3.16 bits per heavy atom. The van der Waals surface area contributed by atoms with E-state index in [1.165, 1.54) is 0 Å². The van der Waals surface area contributed by atoms with E-state index in [0.29, 0.717) is 11.6 Å². The quantitative estimate of drug-likeness (QED) is 0.794. The molecular formula is C13H20N4O2. The van der Waals surface area contributed by atoms with E-state index in [-0.39, 0.29) is 24.1 Å². The summed E-state index contributed by atoms with van der Waals surface area (Å²) in [7, 11) is 1.78. The average Bonchev–Trinajstić information content (AvgIpc) is 2.99. The van der Waals surface area contributed by atoms with Gasteiger partial charge >= 0.3 is 0 Å². The molecule has 1 aliphatic carbocycles. The van der Waals surface area contributed by atoms with Crippen molar-refractivity contribution in [3.63, 3.8) is 0 Å². The fourth-order valence-electron chi connectivity index (χ4n) is 3.06. The van der Waals surface area contributed by atoms with Gasteiger partial charge in [-0.15, -0.1) is 0 Å². The molecule has 3 N–H and O–H groups in total. The molecule has 1 aromatic heterocycles. The fourth-order valence-corrected chi connectivity index (χ4v) is 3.06. The summed E-state index contributed by atoms with van der Waals surface area (Å²) in [6, 6.07) is 1.77. The molecule has 1 aliphatic heterocycles. The summed E-state index contributed by atoms with van der Waals surface area (Å²) >= 11 is 0. The number of nitrogens with two attached hydrogens (primary N) is 1. The van der Waals surface area contributed by atoms with Crippen LogP contribution < -0.4 is 11.1 Å². The van der Waals surface area contributed by atoms with Gasteiger partial charge in [-0.05, 0) is 18.9 Å². The van der Waals surface area contributed by atoms with Crippen molar-refractivity contribution >= 4 is 5.91 Å². The average molecular weight is 264 g/mol. The number of carbonyl (C=O) groups is 1. The molecule has 3 rings (SSSR count). The van der Waals surface area contributed by atoms with Gasteiger partial charge in [-0.25, -0.2) is 0 Å². The monoisotopic (exact) mass is 264 g/mol. The van der Waals surface area contributed by atoms with E-state index in [9.17, 15) is 4.79 Å². The van der Waals surface area contributed by atoms with Crippen LogP contribution in [0.1, 0.15) is 29.5 Å². The molecule has 4 atom stereocenters. The largest absolute Gasteiger partial charge is 0.376 e. The van der Waals surface area contributed by atoms with E-state index in [1.807, 2.05) is 13.0 Å². The van der Waals surface area contributed by atoms with Crippen LogP contribution in [0.15, 0.2) is 6.07 Å². The maximum atomic E-state index is 12.2. The SMILES string of the molecule is CCc1cc(C(=O)NC2C(N)C3CCOC32)n(C)n1. The highest BCUT2D eigenvalue weighted by Crippen LogP contribution is 2.37. The van der Waals surface area contributed by atoms with Crippen LogP contribution in [0.3, 0.4) is 0 Å². The molecule has 2 fully saturated rings. The highest BCUT2D eigenvalue weighted by atomic mass is 16.5. The van der Waals surface area contributed by atoms with Crippen molar-refractivity contribution in [3.8, 4) is 0 Å². The second-order valence-electron chi connectivity index (χ2n) is 5.36. The Hall–Kier alpha value is -1.40. The summed E-state index contributed by atoms with van der Waals surface area (Å²) in [5.41, 5.74) is 7.58. The van der Waals surface area contributed by atoms with Crippen LogP contribution in [-0.4, -0.2) is 40.5 Å². The van der Waals surface area contributed by atoms with Gasteiger partial charge in [0.15, 0.2) is 0 Å². The standard InChI is InChI=1S/C13H20N4O2/c1-3-7-6-9(17(2)16-7)13(18)15-11-10(14)8-4-5-19-12(8)11/h6,8,10-12H,3-5,14H2,1-2H3,(H,15,18). The number of nitrogens with one attached hydrogen (secondary N) is 1. The summed E-state index contributed by atoms with van der Waals surface area (Å²) in [5.74, 6) is 0.284. The van der Waals surface area contributed by atoms with Gasteiger partial charge in [-0.3, -0.25) is 9.48 Å². The van der Waals surface area contributed by atoms with Crippen molar-refractivity contribution in [1.82, 2.24) is 15.1 Å². The molecule has 1 saturated heterocycles.